The van der Waals surface area contributed by atoms with Crippen molar-refractivity contribution >= 4 is 57.2 Å². The van der Waals surface area contributed by atoms with E-state index < -0.39 is 21.2 Å². The zero-order chi connectivity index (χ0) is 32.3. The van der Waals surface area contributed by atoms with Crippen LogP contribution in [0.3, 0.4) is 0 Å². The zero-order valence-electron chi connectivity index (χ0n) is 26.5. The van der Waals surface area contributed by atoms with Crippen LogP contribution < -0.4 is 31.6 Å². The first-order valence-electron chi connectivity index (χ1n) is 16.5. The molecule has 1 aliphatic heterocycles. The van der Waals surface area contributed by atoms with E-state index in [2.05, 4.69) is 183 Å². The molecule has 0 unspecified atom stereocenters. The maximum absolute atomic E-state index is 5.51. The molecule has 0 fully saturated rings. The van der Waals surface area contributed by atoms with Gasteiger partial charge in [0, 0.05) is 0 Å². The van der Waals surface area contributed by atoms with Crippen molar-refractivity contribution in [2.75, 3.05) is 0 Å². The monoisotopic (exact) mass is 738 g/mol. The van der Waals surface area contributed by atoms with Crippen LogP contribution in [0.15, 0.2) is 175 Å². The molecule has 232 valence electrons. The van der Waals surface area contributed by atoms with Gasteiger partial charge in [-0.15, -0.1) is 0 Å². The molecule has 3 nitrogen and oxygen atoms in total. The molecule has 7 aromatic carbocycles. The number of rotatable bonds is 3. The third-order valence-corrected chi connectivity index (χ3v) is 11.9. The summed E-state index contributed by atoms with van der Waals surface area (Å²) in [5.74, 6) is 0. The summed E-state index contributed by atoms with van der Waals surface area (Å²) in [6.45, 7) is 0. The second-order valence-corrected chi connectivity index (χ2v) is 14.6. The first-order valence-corrected chi connectivity index (χ1v) is 18.8. The summed E-state index contributed by atoms with van der Waals surface area (Å²) in [5.41, 5.74) is 10.6. The van der Waals surface area contributed by atoms with Crippen molar-refractivity contribution in [2.45, 2.75) is 0 Å². The summed E-state index contributed by atoms with van der Waals surface area (Å²) < 4.78 is 8.35. The summed E-state index contributed by atoms with van der Waals surface area (Å²) in [6, 6.07) is 61.3. The van der Waals surface area contributed by atoms with Crippen molar-refractivity contribution in [1.29, 1.82) is 0 Å². The van der Waals surface area contributed by atoms with Gasteiger partial charge in [-0.05, 0) is 12.1 Å². The van der Waals surface area contributed by atoms with Crippen molar-refractivity contribution < 1.29 is 21.2 Å². The van der Waals surface area contributed by atoms with E-state index in [0.717, 1.165) is 15.1 Å². The molecule has 0 spiro atoms. The molecule has 0 saturated carbocycles. The number of fused-ring (bicyclic) bond motifs is 7. The second kappa shape index (κ2) is 11.5. The van der Waals surface area contributed by atoms with Gasteiger partial charge >= 0.3 is 259 Å². The molecule has 0 atom stereocenters. The summed E-state index contributed by atoms with van der Waals surface area (Å²) >= 11 is -0.532. The molecule has 10 rings (SSSR count). The van der Waals surface area contributed by atoms with E-state index in [9.17, 15) is 0 Å². The first-order chi connectivity index (χ1) is 24.3. The fraction of sp³-hybridized carbons (Fsp3) is 0. The topological polar surface area (TPSA) is 22.2 Å². The van der Waals surface area contributed by atoms with Gasteiger partial charge in [0.2, 0.25) is 0 Å². The number of halogens is 1. The Hall–Kier alpha value is -5.72. The van der Waals surface area contributed by atoms with E-state index in [1.54, 1.807) is 0 Å². The molecule has 4 heteroatoms. The quantitative estimate of drug-likeness (QED) is 0.186. The molecular weight excluding hydrogens is 709 g/mol. The number of para-hydroxylation sites is 3. The van der Waals surface area contributed by atoms with Crippen molar-refractivity contribution in [1.82, 2.24) is 9.13 Å². The van der Waals surface area contributed by atoms with Gasteiger partial charge in [0.1, 0.15) is 0 Å². The predicted molar refractivity (Wildman–Crippen MR) is 201 cm³/mol. The van der Waals surface area contributed by atoms with E-state index in [1.807, 2.05) is 0 Å². The van der Waals surface area contributed by atoms with Crippen LogP contribution in [0.5, 0.6) is 0 Å². The molecule has 49 heavy (non-hydrogen) atoms. The van der Waals surface area contributed by atoms with Crippen LogP contribution in [-0.2, 0) is 0 Å². The molecule has 0 amide bonds. The third kappa shape index (κ3) is 4.59. The Balaban J connectivity index is 1.17. The van der Waals surface area contributed by atoms with Gasteiger partial charge in [0.05, 0.1) is 0 Å². The fourth-order valence-corrected chi connectivity index (χ4v) is 9.70. The Morgan fingerprint density at radius 2 is 0.939 bits per heavy atom. The summed E-state index contributed by atoms with van der Waals surface area (Å²) in [5, 5.41) is 7.47. The van der Waals surface area contributed by atoms with Gasteiger partial charge in [0.15, 0.2) is 0 Å². The van der Waals surface area contributed by atoms with Gasteiger partial charge in [-0.1, -0.05) is 24.3 Å². The average Bonchev–Trinajstić information content (AvgIpc) is 3.60. The first kappa shape index (κ1) is 28.3. The van der Waals surface area contributed by atoms with Crippen molar-refractivity contribution in [3.8, 4) is 16.8 Å². The van der Waals surface area contributed by atoms with Gasteiger partial charge in [-0.2, -0.15) is 0 Å². The van der Waals surface area contributed by atoms with Crippen molar-refractivity contribution in [3.05, 3.63) is 186 Å². The molecule has 1 aliphatic rings. The van der Waals surface area contributed by atoms with E-state index >= 15 is 0 Å². The standard InChI is InChI=1S/C45H29IN3/c1-3-13-30(14-4-1)44-35-18-8-7-15-33(35)29-46-45(47-44)49-41-22-12-10-20-37(41)39-28-32(24-26-43(39)49)31-23-25-42-38(27-31)36-19-9-11-21-40(36)48(42)34-16-5-2-6-17-34/h1-29H/q-1. The number of aliphatic imine (C=N–C) groups is 1. The molecule has 0 radical (unpaired) electrons. The minimum absolute atomic E-state index is 0.532. The van der Waals surface area contributed by atoms with E-state index in [4.69, 9.17) is 4.99 Å². The molecular formula is C45H29IN3-. The molecule has 0 bridgehead atoms. The molecule has 9 aromatic rings. The summed E-state index contributed by atoms with van der Waals surface area (Å²) in [7, 11) is 0. The minimum atomic E-state index is -0.532. The van der Waals surface area contributed by atoms with Crippen molar-refractivity contribution in [3.63, 3.8) is 0 Å². The van der Waals surface area contributed by atoms with Crippen LogP contribution in [-0.4, -0.2) is 13.0 Å². The number of hydrogen-bond donors (Lipinski definition) is 0. The van der Waals surface area contributed by atoms with E-state index in [0.29, 0.717) is 0 Å². The SMILES string of the molecule is C1=c2ccccc2=C(c2ccccc2)N=C(n2c3ccccc3c3cc(-c4ccc5c(c4)c4ccccc4n5-c4ccccc4)ccc32)[I-]1. The van der Waals surface area contributed by atoms with Gasteiger partial charge in [-0.3, -0.25) is 0 Å². The molecule has 0 saturated heterocycles. The van der Waals surface area contributed by atoms with Crippen molar-refractivity contribution in [2.24, 2.45) is 4.99 Å². The predicted octanol–water partition coefficient (Wildman–Crippen LogP) is 6.46. The second-order valence-electron chi connectivity index (χ2n) is 12.4. The summed E-state index contributed by atoms with van der Waals surface area (Å²) in [6.07, 6.45) is 0. The molecule has 2 aromatic heterocycles. The van der Waals surface area contributed by atoms with Gasteiger partial charge in [-0.25, -0.2) is 0 Å². The molecule has 3 heterocycles. The maximum atomic E-state index is 5.51. The van der Waals surface area contributed by atoms with Crippen LogP contribution >= 0.6 is 0 Å². The van der Waals surface area contributed by atoms with E-state index in [-0.39, 0.29) is 0 Å². The van der Waals surface area contributed by atoms with E-state index in [1.165, 1.54) is 70.9 Å². The Bertz CT molecular complexity index is 2900. The third-order valence-electron chi connectivity index (χ3n) is 9.61. The number of nitrogens with zero attached hydrogens (tertiary/aromatic N) is 3. The molecule has 0 N–H and O–H groups in total. The van der Waals surface area contributed by atoms with Crippen LogP contribution in [0.2, 0.25) is 0 Å². The van der Waals surface area contributed by atoms with Crippen LogP contribution in [0.4, 0.5) is 0 Å². The van der Waals surface area contributed by atoms with Gasteiger partial charge < -0.3 is 0 Å². The zero-order valence-corrected chi connectivity index (χ0v) is 28.6. The number of aromatic nitrogens is 2. The number of hydrogen-bond acceptors (Lipinski definition) is 1. The Labute approximate surface area is 293 Å². The van der Waals surface area contributed by atoms with Gasteiger partial charge in [0.25, 0.3) is 0 Å². The Morgan fingerprint density at radius 1 is 0.408 bits per heavy atom. The molecule has 0 aliphatic carbocycles. The average molecular weight is 739 g/mol. The van der Waals surface area contributed by atoms with Crippen LogP contribution in [0, 0.1) is 0 Å². The fourth-order valence-electron chi connectivity index (χ4n) is 7.37. The Morgan fingerprint density at radius 3 is 1.63 bits per heavy atom. The Kier molecular flexibility index (Phi) is 6.62. The normalized spacial score (nSPS) is 13.2. The van der Waals surface area contributed by atoms with Crippen LogP contribution in [0.25, 0.3) is 70.2 Å². The summed E-state index contributed by atoms with van der Waals surface area (Å²) in [4.78, 5) is 5.51. The van der Waals surface area contributed by atoms with Crippen LogP contribution in [0.1, 0.15) is 5.56 Å². The number of benzene rings is 7.